The lowest BCUT2D eigenvalue weighted by Crippen LogP contribution is -2.51. The molecule has 0 saturated carbocycles. The van der Waals surface area contributed by atoms with E-state index < -0.39 is 36.0 Å². The molecule has 0 bridgehead atoms. The summed E-state index contributed by atoms with van der Waals surface area (Å²) in [4.78, 5) is 53.4. The molecule has 1 heterocycles. The predicted octanol–water partition coefficient (Wildman–Crippen LogP) is 5.71. The standard InChI is InChI=1S/C34H47N3O6/c1-5-6-7-8-9-10-11-12-13-14-15-16-17-18-19-20-21-24-30(38)36-27(2)33(40)43-28(3)31(34(41)42-4)37-32(39)29-23-22-25-35-26-29/h6-7,9-10,12-13,16-17,19-20,22-23,25-28,31H,5,8,11,14-15,18,21,24H2,1-4H3,(H,36,38)(H,37,39)/b7-6-,10-9-,13-12-,17-16-,20-19-/t27-,28+,31-/m0/s1. The molecular weight excluding hydrogens is 546 g/mol. The van der Waals surface area contributed by atoms with Gasteiger partial charge in [0.05, 0.1) is 12.7 Å². The van der Waals surface area contributed by atoms with Crippen molar-refractivity contribution in [3.63, 3.8) is 0 Å². The maximum Gasteiger partial charge on any atom is 0.332 e. The molecule has 43 heavy (non-hydrogen) atoms. The third-order valence-electron chi connectivity index (χ3n) is 6.09. The highest BCUT2D eigenvalue weighted by Gasteiger charge is 2.32. The molecule has 1 aromatic heterocycles. The Balaban J connectivity index is 2.31. The first kappa shape index (κ1) is 36.8. The van der Waals surface area contributed by atoms with E-state index in [1.807, 2.05) is 12.2 Å². The number of rotatable bonds is 20. The molecule has 9 heteroatoms. The Bertz CT molecular complexity index is 1120. The van der Waals surface area contributed by atoms with Gasteiger partial charge in [-0.2, -0.15) is 0 Å². The maximum atomic E-state index is 12.6. The smallest absolute Gasteiger partial charge is 0.332 e. The van der Waals surface area contributed by atoms with Gasteiger partial charge >= 0.3 is 11.9 Å². The number of nitrogens with one attached hydrogen (secondary N) is 2. The molecule has 0 aliphatic carbocycles. The van der Waals surface area contributed by atoms with Crippen molar-refractivity contribution in [2.75, 3.05) is 7.11 Å². The second kappa shape index (κ2) is 23.3. The van der Waals surface area contributed by atoms with Crippen LogP contribution in [0.5, 0.6) is 0 Å². The van der Waals surface area contributed by atoms with Crippen molar-refractivity contribution < 1.29 is 28.7 Å². The number of nitrogens with zero attached hydrogens (tertiary/aromatic N) is 1. The van der Waals surface area contributed by atoms with Crippen LogP contribution in [0.1, 0.15) is 82.5 Å². The first-order valence-corrected chi connectivity index (χ1v) is 14.8. The minimum atomic E-state index is -1.24. The molecule has 234 valence electrons. The van der Waals surface area contributed by atoms with E-state index in [0.29, 0.717) is 6.42 Å². The molecule has 0 aliphatic heterocycles. The lowest BCUT2D eigenvalue weighted by molar-refractivity contribution is -0.158. The summed E-state index contributed by atoms with van der Waals surface area (Å²) in [6.07, 6.45) is 29.7. The van der Waals surface area contributed by atoms with Gasteiger partial charge in [-0.05, 0) is 70.9 Å². The fraction of sp³-hybridized carbons (Fsp3) is 0.441. The molecule has 0 saturated heterocycles. The van der Waals surface area contributed by atoms with Crippen LogP contribution in [-0.4, -0.2) is 54.0 Å². The lowest BCUT2D eigenvalue weighted by atomic mass is 10.1. The molecular formula is C34H47N3O6. The number of amides is 2. The summed E-state index contributed by atoms with van der Waals surface area (Å²) >= 11 is 0. The van der Waals surface area contributed by atoms with Gasteiger partial charge in [0.25, 0.3) is 5.91 Å². The van der Waals surface area contributed by atoms with Gasteiger partial charge in [-0.15, -0.1) is 0 Å². The summed E-state index contributed by atoms with van der Waals surface area (Å²) in [5.74, 6) is -2.39. The van der Waals surface area contributed by atoms with E-state index in [0.717, 1.165) is 38.5 Å². The lowest BCUT2D eigenvalue weighted by Gasteiger charge is -2.24. The molecule has 0 aromatic carbocycles. The van der Waals surface area contributed by atoms with Crippen molar-refractivity contribution in [1.29, 1.82) is 0 Å². The van der Waals surface area contributed by atoms with Crippen LogP contribution in [0.2, 0.25) is 0 Å². The fourth-order valence-corrected chi connectivity index (χ4v) is 3.68. The molecule has 0 spiro atoms. The van der Waals surface area contributed by atoms with Crippen molar-refractivity contribution in [3.8, 4) is 0 Å². The van der Waals surface area contributed by atoms with E-state index in [1.165, 1.54) is 39.4 Å². The molecule has 0 unspecified atom stereocenters. The van der Waals surface area contributed by atoms with Gasteiger partial charge in [0.2, 0.25) is 5.91 Å². The van der Waals surface area contributed by atoms with E-state index in [4.69, 9.17) is 9.47 Å². The maximum absolute atomic E-state index is 12.6. The summed E-state index contributed by atoms with van der Waals surface area (Å²) in [6, 6.07) is 0.928. The summed E-state index contributed by atoms with van der Waals surface area (Å²) < 4.78 is 10.1. The molecule has 0 fully saturated rings. The third kappa shape index (κ3) is 17.3. The van der Waals surface area contributed by atoms with Gasteiger partial charge in [0.1, 0.15) is 12.1 Å². The van der Waals surface area contributed by atoms with Crippen LogP contribution in [0.3, 0.4) is 0 Å². The largest absolute Gasteiger partial charge is 0.467 e. The average Bonchev–Trinajstić information content (AvgIpc) is 3.01. The number of aromatic nitrogens is 1. The van der Waals surface area contributed by atoms with E-state index in [2.05, 4.69) is 71.1 Å². The van der Waals surface area contributed by atoms with Crippen LogP contribution >= 0.6 is 0 Å². The van der Waals surface area contributed by atoms with Gasteiger partial charge in [0, 0.05) is 18.8 Å². The molecule has 9 nitrogen and oxygen atoms in total. The van der Waals surface area contributed by atoms with Crippen LogP contribution < -0.4 is 10.6 Å². The highest BCUT2D eigenvalue weighted by molar-refractivity contribution is 5.96. The number of hydrogen-bond acceptors (Lipinski definition) is 7. The van der Waals surface area contributed by atoms with Crippen LogP contribution in [0.25, 0.3) is 0 Å². The Labute approximate surface area is 256 Å². The summed E-state index contributed by atoms with van der Waals surface area (Å²) in [7, 11) is 1.17. The highest BCUT2D eigenvalue weighted by atomic mass is 16.6. The Morgan fingerprint density at radius 2 is 1.40 bits per heavy atom. The molecule has 1 rings (SSSR count). The van der Waals surface area contributed by atoms with Crippen LogP contribution in [0.4, 0.5) is 0 Å². The van der Waals surface area contributed by atoms with Crippen molar-refractivity contribution >= 4 is 23.8 Å². The Kier molecular flexibility index (Phi) is 19.9. The van der Waals surface area contributed by atoms with Crippen molar-refractivity contribution in [2.45, 2.75) is 90.3 Å². The SMILES string of the molecule is CC/C=C\C/C=C\C/C=C\CC/C=C\C/C=C\CCC(=O)N[C@@H](C)C(=O)O[C@H](C)[C@H](NC(=O)c1cccnc1)C(=O)OC. The van der Waals surface area contributed by atoms with Gasteiger partial charge in [-0.1, -0.05) is 67.7 Å². The highest BCUT2D eigenvalue weighted by Crippen LogP contribution is 2.07. The van der Waals surface area contributed by atoms with Crippen molar-refractivity contribution in [3.05, 3.63) is 90.9 Å². The number of pyridine rings is 1. The van der Waals surface area contributed by atoms with Crippen LogP contribution in [0.15, 0.2) is 85.3 Å². The van der Waals surface area contributed by atoms with Crippen molar-refractivity contribution in [1.82, 2.24) is 15.6 Å². The van der Waals surface area contributed by atoms with E-state index in [9.17, 15) is 19.2 Å². The van der Waals surface area contributed by atoms with Gasteiger partial charge in [0.15, 0.2) is 6.04 Å². The fourth-order valence-electron chi connectivity index (χ4n) is 3.68. The predicted molar refractivity (Wildman–Crippen MR) is 169 cm³/mol. The van der Waals surface area contributed by atoms with Crippen LogP contribution in [-0.2, 0) is 23.9 Å². The van der Waals surface area contributed by atoms with E-state index in [-0.39, 0.29) is 17.9 Å². The number of carbonyl (C=O) groups excluding carboxylic acids is 4. The quantitative estimate of drug-likeness (QED) is 0.113. The number of ether oxygens (including phenoxy) is 2. The molecule has 0 aliphatic rings. The van der Waals surface area contributed by atoms with E-state index in [1.54, 1.807) is 6.07 Å². The topological polar surface area (TPSA) is 124 Å². The Morgan fingerprint density at radius 1 is 0.814 bits per heavy atom. The Hall–Kier alpha value is -4.27. The number of methoxy groups -OCH3 is 1. The number of esters is 2. The van der Waals surface area contributed by atoms with Gasteiger partial charge in [-0.3, -0.25) is 14.6 Å². The normalized spacial score (nSPS) is 14.0. The molecule has 2 N–H and O–H groups in total. The Morgan fingerprint density at radius 3 is 1.95 bits per heavy atom. The average molecular weight is 594 g/mol. The first-order valence-electron chi connectivity index (χ1n) is 14.8. The zero-order valence-electron chi connectivity index (χ0n) is 25.9. The monoisotopic (exact) mass is 593 g/mol. The number of hydrogen-bond donors (Lipinski definition) is 2. The molecule has 1 aromatic rings. The number of carbonyl (C=O) groups is 4. The molecule has 0 radical (unpaired) electrons. The second-order valence-electron chi connectivity index (χ2n) is 9.74. The molecule has 3 atom stereocenters. The minimum Gasteiger partial charge on any atom is -0.467 e. The summed E-state index contributed by atoms with van der Waals surface area (Å²) in [5, 5.41) is 5.11. The zero-order valence-corrected chi connectivity index (χ0v) is 25.9. The zero-order chi connectivity index (χ0) is 31.7. The van der Waals surface area contributed by atoms with Crippen molar-refractivity contribution in [2.24, 2.45) is 0 Å². The number of unbranched alkanes of at least 4 members (excludes halogenated alkanes) is 1. The second-order valence-corrected chi connectivity index (χ2v) is 9.74. The summed E-state index contributed by atoms with van der Waals surface area (Å²) in [5.41, 5.74) is 0.235. The first-order chi connectivity index (χ1) is 20.8. The molecule has 2 amide bonds. The van der Waals surface area contributed by atoms with Crippen LogP contribution in [0, 0.1) is 0 Å². The minimum absolute atomic E-state index is 0.216. The van der Waals surface area contributed by atoms with E-state index >= 15 is 0 Å². The van der Waals surface area contributed by atoms with Gasteiger partial charge in [-0.25, -0.2) is 9.59 Å². The van der Waals surface area contributed by atoms with Gasteiger partial charge < -0.3 is 20.1 Å². The third-order valence-corrected chi connectivity index (χ3v) is 6.09. The summed E-state index contributed by atoms with van der Waals surface area (Å²) in [6.45, 7) is 5.08. The number of allylic oxidation sites excluding steroid dienone is 10.